The molecule has 0 aliphatic rings. The molecule has 1 aromatic carbocycles. The van der Waals surface area contributed by atoms with Crippen LogP contribution in [0.2, 0.25) is 10.0 Å². The van der Waals surface area contributed by atoms with Crippen LogP contribution >= 0.6 is 23.2 Å². The second kappa shape index (κ2) is 4.86. The zero-order chi connectivity index (χ0) is 13.3. The Labute approximate surface area is 103 Å². The second-order valence-corrected chi connectivity index (χ2v) is 3.97. The van der Waals surface area contributed by atoms with Crippen molar-refractivity contribution in [2.45, 2.75) is 12.1 Å². The number of halogens is 7. The van der Waals surface area contributed by atoms with Crippen LogP contribution < -0.4 is 4.74 Å². The molecule has 1 rings (SSSR count). The smallest absolute Gasteiger partial charge is 0.456 e. The van der Waals surface area contributed by atoms with Crippen molar-refractivity contribution in [1.82, 2.24) is 0 Å². The van der Waals surface area contributed by atoms with E-state index in [0.29, 0.717) is 0 Å². The van der Waals surface area contributed by atoms with Gasteiger partial charge in [0, 0.05) is 10.0 Å². The fraction of sp³-hybridized carbons (Fsp3) is 0.333. The molecule has 0 heterocycles. The lowest BCUT2D eigenvalue weighted by atomic mass is 10.3. The molecule has 0 atom stereocenters. The van der Waals surface area contributed by atoms with Crippen molar-refractivity contribution in [2.24, 2.45) is 0 Å². The molecule has 0 unspecified atom stereocenters. The number of benzene rings is 1. The van der Waals surface area contributed by atoms with E-state index >= 15 is 0 Å². The molecule has 8 heteroatoms. The second-order valence-electron chi connectivity index (χ2n) is 3.10. The van der Waals surface area contributed by atoms with Crippen LogP contribution in [0.3, 0.4) is 0 Å². The minimum atomic E-state index is -5.66. The SMILES string of the molecule is FC(F)(F)C(F)(F)COc1cc(Cl)cc(Cl)c1. The maximum absolute atomic E-state index is 12.5. The van der Waals surface area contributed by atoms with Gasteiger partial charge in [0.1, 0.15) is 5.75 Å². The number of hydrogen-bond acceptors (Lipinski definition) is 1. The topological polar surface area (TPSA) is 9.23 Å². The van der Waals surface area contributed by atoms with Crippen molar-refractivity contribution >= 4 is 23.2 Å². The van der Waals surface area contributed by atoms with Crippen molar-refractivity contribution in [3.05, 3.63) is 28.2 Å². The molecule has 0 aromatic heterocycles. The summed E-state index contributed by atoms with van der Waals surface area (Å²) in [5.74, 6) is -5.19. The van der Waals surface area contributed by atoms with Gasteiger partial charge >= 0.3 is 12.1 Å². The standard InChI is InChI=1S/C9H5Cl2F5O/c10-5-1-6(11)3-7(2-5)17-4-8(12,13)9(14,15)16/h1-3H,4H2. The first-order valence-corrected chi connectivity index (χ1v) is 4.91. The molecule has 0 saturated heterocycles. The molecule has 0 aliphatic heterocycles. The maximum atomic E-state index is 12.5. The Hall–Kier alpha value is -0.750. The lowest BCUT2D eigenvalue weighted by Crippen LogP contribution is -2.41. The van der Waals surface area contributed by atoms with Gasteiger partial charge in [-0.15, -0.1) is 0 Å². The van der Waals surface area contributed by atoms with Crippen molar-refractivity contribution in [2.75, 3.05) is 6.61 Å². The summed E-state index contributed by atoms with van der Waals surface area (Å²) < 4.78 is 64.8. The summed E-state index contributed by atoms with van der Waals surface area (Å²) in [4.78, 5) is 0. The number of alkyl halides is 5. The highest BCUT2D eigenvalue weighted by atomic mass is 35.5. The molecule has 96 valence electrons. The minimum Gasteiger partial charge on any atom is -0.487 e. The first-order chi connectivity index (χ1) is 7.62. The highest BCUT2D eigenvalue weighted by Gasteiger charge is 2.58. The summed E-state index contributed by atoms with van der Waals surface area (Å²) in [7, 11) is 0. The summed E-state index contributed by atoms with van der Waals surface area (Å²) in [5, 5.41) is 0.144. The fourth-order valence-corrected chi connectivity index (χ4v) is 1.37. The van der Waals surface area contributed by atoms with E-state index in [1.165, 1.54) is 6.07 Å². The first-order valence-electron chi connectivity index (χ1n) is 4.15. The third kappa shape index (κ3) is 3.89. The Morgan fingerprint density at radius 2 is 1.41 bits per heavy atom. The zero-order valence-electron chi connectivity index (χ0n) is 7.99. The third-order valence-corrected chi connectivity index (χ3v) is 2.11. The summed E-state index contributed by atoms with van der Waals surface area (Å²) in [6, 6.07) is 3.46. The predicted molar refractivity (Wildman–Crippen MR) is 53.0 cm³/mol. The van der Waals surface area contributed by atoms with Crippen LogP contribution in [0, 0.1) is 0 Å². The van der Waals surface area contributed by atoms with E-state index in [1.807, 2.05) is 0 Å². The van der Waals surface area contributed by atoms with Gasteiger partial charge in [0.2, 0.25) is 0 Å². The quantitative estimate of drug-likeness (QED) is 0.742. The Balaban J connectivity index is 2.74. The van der Waals surface area contributed by atoms with Gasteiger partial charge in [-0.3, -0.25) is 0 Å². The van der Waals surface area contributed by atoms with Crippen LogP contribution in [0.1, 0.15) is 0 Å². The maximum Gasteiger partial charge on any atom is 0.456 e. The van der Waals surface area contributed by atoms with Crippen molar-refractivity contribution < 1.29 is 26.7 Å². The molecule has 0 radical (unpaired) electrons. The molecule has 0 bridgehead atoms. The zero-order valence-corrected chi connectivity index (χ0v) is 9.51. The van der Waals surface area contributed by atoms with Gasteiger partial charge in [-0.05, 0) is 18.2 Å². The normalized spacial score (nSPS) is 12.6. The molecular formula is C9H5Cl2F5O. The number of hydrogen-bond donors (Lipinski definition) is 0. The van der Waals surface area contributed by atoms with E-state index in [0.717, 1.165) is 12.1 Å². The fourth-order valence-electron chi connectivity index (χ4n) is 0.868. The first kappa shape index (κ1) is 14.3. The summed E-state index contributed by atoms with van der Waals surface area (Å²) >= 11 is 11.0. The molecule has 17 heavy (non-hydrogen) atoms. The molecular weight excluding hydrogens is 290 g/mol. The average molecular weight is 295 g/mol. The molecule has 0 amide bonds. The molecule has 0 spiro atoms. The summed E-state index contributed by atoms with van der Waals surface area (Å²) in [6.07, 6.45) is -5.66. The lowest BCUT2D eigenvalue weighted by molar-refractivity contribution is -0.290. The number of ether oxygens (including phenoxy) is 1. The van der Waals surface area contributed by atoms with Gasteiger partial charge in [0.05, 0.1) is 0 Å². The van der Waals surface area contributed by atoms with Crippen LogP contribution in [-0.4, -0.2) is 18.7 Å². The van der Waals surface area contributed by atoms with Gasteiger partial charge < -0.3 is 4.74 Å². The minimum absolute atomic E-state index is 0.0721. The molecule has 1 nitrogen and oxygen atoms in total. The lowest BCUT2D eigenvalue weighted by Gasteiger charge is -2.19. The monoisotopic (exact) mass is 294 g/mol. The summed E-state index contributed by atoms with van der Waals surface area (Å²) in [6.45, 7) is -1.83. The van der Waals surface area contributed by atoms with Crippen molar-refractivity contribution in [1.29, 1.82) is 0 Å². The highest BCUT2D eigenvalue weighted by molar-refractivity contribution is 6.34. The van der Waals surface area contributed by atoms with Gasteiger partial charge in [0.15, 0.2) is 6.61 Å². The Kier molecular flexibility index (Phi) is 4.09. The van der Waals surface area contributed by atoms with E-state index in [4.69, 9.17) is 23.2 Å². The summed E-state index contributed by atoms with van der Waals surface area (Å²) in [5.41, 5.74) is 0. The van der Waals surface area contributed by atoms with E-state index in [2.05, 4.69) is 4.74 Å². The van der Waals surface area contributed by atoms with Crippen molar-refractivity contribution in [3.8, 4) is 5.75 Å². The van der Waals surface area contributed by atoms with E-state index in [-0.39, 0.29) is 15.8 Å². The Bertz CT molecular complexity index is 385. The number of rotatable bonds is 3. The van der Waals surface area contributed by atoms with Gasteiger partial charge in [-0.2, -0.15) is 22.0 Å². The van der Waals surface area contributed by atoms with Crippen molar-refractivity contribution in [3.63, 3.8) is 0 Å². The largest absolute Gasteiger partial charge is 0.487 e. The van der Waals surface area contributed by atoms with Crippen LogP contribution in [0.4, 0.5) is 22.0 Å². The van der Waals surface area contributed by atoms with Crippen LogP contribution in [0.25, 0.3) is 0 Å². The molecule has 1 aromatic rings. The Morgan fingerprint density at radius 3 is 1.82 bits per heavy atom. The predicted octanol–water partition coefficient (Wildman–Crippen LogP) is 4.57. The van der Waals surface area contributed by atoms with E-state index < -0.39 is 18.7 Å². The van der Waals surface area contributed by atoms with Crippen LogP contribution in [0.5, 0.6) is 5.75 Å². The van der Waals surface area contributed by atoms with Gasteiger partial charge in [-0.25, -0.2) is 0 Å². The molecule has 0 fully saturated rings. The average Bonchev–Trinajstić information content (AvgIpc) is 2.11. The highest BCUT2D eigenvalue weighted by Crippen LogP contribution is 2.36. The van der Waals surface area contributed by atoms with Gasteiger partial charge in [-0.1, -0.05) is 23.2 Å². The van der Waals surface area contributed by atoms with Gasteiger partial charge in [0.25, 0.3) is 0 Å². The third-order valence-electron chi connectivity index (χ3n) is 1.67. The van der Waals surface area contributed by atoms with Crippen LogP contribution in [-0.2, 0) is 0 Å². The van der Waals surface area contributed by atoms with E-state index in [1.54, 1.807) is 0 Å². The Morgan fingerprint density at radius 1 is 0.941 bits per heavy atom. The van der Waals surface area contributed by atoms with E-state index in [9.17, 15) is 22.0 Å². The van der Waals surface area contributed by atoms with Crippen LogP contribution in [0.15, 0.2) is 18.2 Å². The molecule has 0 saturated carbocycles. The molecule has 0 N–H and O–H groups in total. The molecule has 0 aliphatic carbocycles.